The molecule has 0 bridgehead atoms. The van der Waals surface area contributed by atoms with Gasteiger partial charge in [0.25, 0.3) is 0 Å². The standard InChI is InChI=1S/C17H27NO/c1-3-18-12-15-5-4-6-16(11-15)13-19-17-9-7-14(2)8-10-17/h4-6,11,14,17-18H,3,7-10,12-13H2,1-2H3. The van der Waals surface area contributed by atoms with Crippen molar-refractivity contribution in [3.63, 3.8) is 0 Å². The molecule has 0 amide bonds. The Bertz CT molecular complexity index is 369. The molecule has 0 aliphatic heterocycles. The fourth-order valence-corrected chi connectivity index (χ4v) is 2.71. The molecule has 0 aromatic heterocycles. The molecule has 2 nitrogen and oxygen atoms in total. The molecule has 1 saturated carbocycles. The first kappa shape index (κ1) is 14.5. The molecule has 0 saturated heterocycles. The molecule has 0 radical (unpaired) electrons. The Morgan fingerprint density at radius 1 is 1.16 bits per heavy atom. The summed E-state index contributed by atoms with van der Waals surface area (Å²) in [4.78, 5) is 0. The lowest BCUT2D eigenvalue weighted by Crippen LogP contribution is -2.20. The quantitative estimate of drug-likeness (QED) is 0.838. The van der Waals surface area contributed by atoms with Gasteiger partial charge in [-0.2, -0.15) is 0 Å². The van der Waals surface area contributed by atoms with Gasteiger partial charge >= 0.3 is 0 Å². The van der Waals surface area contributed by atoms with E-state index in [1.54, 1.807) is 0 Å². The second-order valence-electron chi connectivity index (χ2n) is 5.79. The van der Waals surface area contributed by atoms with Crippen molar-refractivity contribution in [3.8, 4) is 0 Å². The molecule has 1 aromatic carbocycles. The molecule has 0 unspecified atom stereocenters. The van der Waals surface area contributed by atoms with Crippen LogP contribution in [-0.2, 0) is 17.9 Å². The van der Waals surface area contributed by atoms with Crippen molar-refractivity contribution in [2.24, 2.45) is 5.92 Å². The highest BCUT2D eigenvalue weighted by atomic mass is 16.5. The Morgan fingerprint density at radius 2 is 1.89 bits per heavy atom. The summed E-state index contributed by atoms with van der Waals surface area (Å²) in [6.07, 6.45) is 5.60. The second kappa shape index (κ2) is 7.66. The van der Waals surface area contributed by atoms with Crippen LogP contribution >= 0.6 is 0 Å². The van der Waals surface area contributed by atoms with Crippen LogP contribution in [0.3, 0.4) is 0 Å². The summed E-state index contributed by atoms with van der Waals surface area (Å²) >= 11 is 0. The van der Waals surface area contributed by atoms with Gasteiger partial charge in [-0.3, -0.25) is 0 Å². The first-order valence-electron chi connectivity index (χ1n) is 7.68. The zero-order valence-electron chi connectivity index (χ0n) is 12.3. The predicted octanol–water partition coefficient (Wildman–Crippen LogP) is 3.89. The lowest BCUT2D eigenvalue weighted by molar-refractivity contribution is 0.00875. The summed E-state index contributed by atoms with van der Waals surface area (Å²) in [5.41, 5.74) is 2.65. The van der Waals surface area contributed by atoms with E-state index in [1.807, 2.05) is 0 Å². The van der Waals surface area contributed by atoms with Crippen molar-refractivity contribution in [1.29, 1.82) is 0 Å². The number of hydrogen-bond donors (Lipinski definition) is 1. The molecule has 1 N–H and O–H groups in total. The van der Waals surface area contributed by atoms with Gasteiger partial charge in [0.1, 0.15) is 0 Å². The average Bonchev–Trinajstić information content (AvgIpc) is 2.45. The minimum Gasteiger partial charge on any atom is -0.374 e. The highest BCUT2D eigenvalue weighted by molar-refractivity contribution is 5.22. The van der Waals surface area contributed by atoms with Crippen molar-refractivity contribution >= 4 is 0 Å². The fourth-order valence-electron chi connectivity index (χ4n) is 2.71. The minimum atomic E-state index is 0.480. The maximum absolute atomic E-state index is 6.06. The first-order chi connectivity index (χ1) is 9.28. The monoisotopic (exact) mass is 261 g/mol. The second-order valence-corrected chi connectivity index (χ2v) is 5.79. The van der Waals surface area contributed by atoms with Gasteiger partial charge in [-0.1, -0.05) is 38.1 Å². The summed E-state index contributed by atoms with van der Waals surface area (Å²) in [5.74, 6) is 0.892. The molecule has 0 heterocycles. The predicted molar refractivity (Wildman–Crippen MR) is 80.0 cm³/mol. The Kier molecular flexibility index (Phi) is 5.87. The van der Waals surface area contributed by atoms with Gasteiger partial charge in [-0.15, -0.1) is 0 Å². The topological polar surface area (TPSA) is 21.3 Å². The van der Waals surface area contributed by atoms with E-state index in [-0.39, 0.29) is 0 Å². The maximum Gasteiger partial charge on any atom is 0.0720 e. The first-order valence-corrected chi connectivity index (χ1v) is 7.68. The average molecular weight is 261 g/mol. The number of ether oxygens (including phenoxy) is 1. The van der Waals surface area contributed by atoms with E-state index >= 15 is 0 Å². The van der Waals surface area contributed by atoms with Crippen LogP contribution in [0.25, 0.3) is 0 Å². The molecule has 1 aromatic rings. The normalized spacial score (nSPS) is 23.5. The van der Waals surface area contributed by atoms with Gasteiger partial charge < -0.3 is 10.1 Å². The van der Waals surface area contributed by atoms with Gasteiger partial charge in [0.05, 0.1) is 12.7 Å². The lowest BCUT2D eigenvalue weighted by atomic mass is 9.89. The van der Waals surface area contributed by atoms with Crippen molar-refractivity contribution in [2.75, 3.05) is 6.54 Å². The third-order valence-electron chi connectivity index (χ3n) is 4.02. The van der Waals surface area contributed by atoms with Crippen molar-refractivity contribution < 1.29 is 4.74 Å². The molecule has 1 aliphatic carbocycles. The zero-order chi connectivity index (χ0) is 13.5. The van der Waals surface area contributed by atoms with Crippen molar-refractivity contribution in [1.82, 2.24) is 5.32 Å². The molecule has 2 rings (SSSR count). The number of hydrogen-bond acceptors (Lipinski definition) is 2. The van der Waals surface area contributed by atoms with Crippen LogP contribution in [0.1, 0.15) is 50.7 Å². The third-order valence-corrected chi connectivity index (χ3v) is 4.02. The fraction of sp³-hybridized carbons (Fsp3) is 0.647. The summed E-state index contributed by atoms with van der Waals surface area (Å²) in [5, 5.41) is 3.36. The number of benzene rings is 1. The van der Waals surface area contributed by atoms with Gasteiger partial charge in [-0.25, -0.2) is 0 Å². The smallest absolute Gasteiger partial charge is 0.0720 e. The lowest BCUT2D eigenvalue weighted by Gasteiger charge is -2.26. The molecule has 0 atom stereocenters. The van der Waals surface area contributed by atoms with Crippen LogP contribution in [0.5, 0.6) is 0 Å². The minimum absolute atomic E-state index is 0.480. The largest absolute Gasteiger partial charge is 0.374 e. The Hall–Kier alpha value is -0.860. The van der Waals surface area contributed by atoms with Crippen LogP contribution in [0.2, 0.25) is 0 Å². The molecule has 1 aliphatic rings. The van der Waals surface area contributed by atoms with E-state index in [1.165, 1.54) is 36.8 Å². The van der Waals surface area contributed by atoms with Crippen molar-refractivity contribution in [2.45, 2.75) is 58.8 Å². The maximum atomic E-state index is 6.06. The molecular formula is C17H27NO. The van der Waals surface area contributed by atoms with E-state index in [4.69, 9.17) is 4.74 Å². The Balaban J connectivity index is 1.78. The zero-order valence-corrected chi connectivity index (χ0v) is 12.3. The van der Waals surface area contributed by atoms with E-state index < -0.39 is 0 Å². The SMILES string of the molecule is CCNCc1cccc(COC2CCC(C)CC2)c1. The van der Waals surface area contributed by atoms with E-state index in [0.717, 1.165) is 25.6 Å². The van der Waals surface area contributed by atoms with Crippen LogP contribution in [-0.4, -0.2) is 12.6 Å². The number of nitrogens with one attached hydrogen (secondary N) is 1. The molecule has 2 heteroatoms. The van der Waals surface area contributed by atoms with Gasteiger partial charge in [0.15, 0.2) is 0 Å². The van der Waals surface area contributed by atoms with Crippen LogP contribution in [0, 0.1) is 5.92 Å². The summed E-state index contributed by atoms with van der Waals surface area (Å²) in [6.45, 7) is 7.21. The van der Waals surface area contributed by atoms with Gasteiger partial charge in [-0.05, 0) is 49.3 Å². The Labute approximate surface area is 117 Å². The van der Waals surface area contributed by atoms with Crippen LogP contribution in [0.15, 0.2) is 24.3 Å². The highest BCUT2D eigenvalue weighted by Crippen LogP contribution is 2.26. The van der Waals surface area contributed by atoms with Crippen molar-refractivity contribution in [3.05, 3.63) is 35.4 Å². The Morgan fingerprint density at radius 3 is 2.63 bits per heavy atom. The summed E-state index contributed by atoms with van der Waals surface area (Å²) in [6, 6.07) is 8.73. The van der Waals surface area contributed by atoms with E-state index in [2.05, 4.69) is 43.4 Å². The van der Waals surface area contributed by atoms with E-state index in [9.17, 15) is 0 Å². The van der Waals surface area contributed by atoms with Gasteiger partial charge in [0, 0.05) is 6.54 Å². The third kappa shape index (κ3) is 4.96. The molecule has 19 heavy (non-hydrogen) atoms. The number of rotatable bonds is 6. The van der Waals surface area contributed by atoms with E-state index in [0.29, 0.717) is 6.10 Å². The molecule has 0 spiro atoms. The molecule has 1 fully saturated rings. The summed E-state index contributed by atoms with van der Waals surface area (Å²) < 4.78 is 6.06. The molecular weight excluding hydrogens is 234 g/mol. The van der Waals surface area contributed by atoms with Gasteiger partial charge in [0.2, 0.25) is 0 Å². The highest BCUT2D eigenvalue weighted by Gasteiger charge is 2.18. The van der Waals surface area contributed by atoms with Crippen LogP contribution in [0.4, 0.5) is 0 Å². The summed E-state index contributed by atoms with van der Waals surface area (Å²) in [7, 11) is 0. The van der Waals surface area contributed by atoms with Crippen LogP contribution < -0.4 is 5.32 Å². The molecule has 106 valence electrons.